The molecule has 0 aliphatic carbocycles. The Labute approximate surface area is 194 Å². The molecule has 174 valence electrons. The predicted molar refractivity (Wildman–Crippen MR) is 125 cm³/mol. The minimum Gasteiger partial charge on any atom is -0.454 e. The second-order valence-electron chi connectivity index (χ2n) is 9.37. The quantitative estimate of drug-likeness (QED) is 0.759. The van der Waals surface area contributed by atoms with Gasteiger partial charge in [0, 0.05) is 44.4 Å². The molecule has 1 atom stereocenters. The Morgan fingerprint density at radius 2 is 1.82 bits per heavy atom. The Morgan fingerprint density at radius 1 is 1.03 bits per heavy atom. The van der Waals surface area contributed by atoms with Gasteiger partial charge in [-0.1, -0.05) is 12.1 Å². The first-order valence-electron chi connectivity index (χ1n) is 11.8. The SMILES string of the molecule is Cc1cc2c(cc1C)CN(C(=O)[C@H]1CCN(CCC(=O)Nc3ccc4c(c3)OCO4)C1)CC2. The Bertz CT molecular complexity index is 1080. The second-order valence-corrected chi connectivity index (χ2v) is 9.37. The van der Waals surface area contributed by atoms with Gasteiger partial charge in [-0.15, -0.1) is 0 Å². The van der Waals surface area contributed by atoms with Crippen LogP contribution in [0.25, 0.3) is 0 Å². The van der Waals surface area contributed by atoms with Gasteiger partial charge in [-0.2, -0.15) is 0 Å². The topological polar surface area (TPSA) is 71.1 Å². The number of rotatable bonds is 5. The number of carbonyl (C=O) groups is 2. The minimum absolute atomic E-state index is 0.0232. The molecule has 3 heterocycles. The number of hydrogen-bond donors (Lipinski definition) is 1. The zero-order chi connectivity index (χ0) is 22.9. The van der Waals surface area contributed by atoms with Crippen LogP contribution < -0.4 is 14.8 Å². The summed E-state index contributed by atoms with van der Waals surface area (Å²) in [5.41, 5.74) is 5.97. The summed E-state index contributed by atoms with van der Waals surface area (Å²) < 4.78 is 10.7. The maximum Gasteiger partial charge on any atom is 0.231 e. The van der Waals surface area contributed by atoms with Crippen LogP contribution >= 0.6 is 0 Å². The third-order valence-corrected chi connectivity index (χ3v) is 7.07. The predicted octanol–water partition coefficient (Wildman–Crippen LogP) is 3.27. The highest BCUT2D eigenvalue weighted by Gasteiger charge is 2.33. The van der Waals surface area contributed by atoms with E-state index in [0.717, 1.165) is 32.5 Å². The van der Waals surface area contributed by atoms with Crippen LogP contribution in [0.3, 0.4) is 0 Å². The molecule has 0 spiro atoms. The van der Waals surface area contributed by atoms with Gasteiger partial charge in [-0.3, -0.25) is 9.59 Å². The van der Waals surface area contributed by atoms with E-state index in [4.69, 9.17) is 9.47 Å². The Hall–Kier alpha value is -3.06. The van der Waals surface area contributed by atoms with E-state index in [9.17, 15) is 9.59 Å². The van der Waals surface area contributed by atoms with Crippen LogP contribution in [0, 0.1) is 19.8 Å². The van der Waals surface area contributed by atoms with Crippen molar-refractivity contribution in [2.45, 2.75) is 39.7 Å². The first-order valence-corrected chi connectivity index (χ1v) is 11.8. The minimum atomic E-state index is -0.0399. The highest BCUT2D eigenvalue weighted by Crippen LogP contribution is 2.34. The van der Waals surface area contributed by atoms with Gasteiger partial charge in [0.25, 0.3) is 0 Å². The van der Waals surface area contributed by atoms with Gasteiger partial charge in [-0.25, -0.2) is 0 Å². The maximum atomic E-state index is 13.2. The van der Waals surface area contributed by atoms with Gasteiger partial charge >= 0.3 is 0 Å². The van der Waals surface area contributed by atoms with Gasteiger partial charge in [0.05, 0.1) is 5.92 Å². The summed E-state index contributed by atoms with van der Waals surface area (Å²) in [5, 5.41) is 2.92. The third-order valence-electron chi connectivity index (χ3n) is 7.07. The molecule has 2 aromatic rings. The number of ether oxygens (including phenoxy) is 2. The molecule has 0 saturated carbocycles. The van der Waals surface area contributed by atoms with Crippen LogP contribution in [0.1, 0.15) is 35.1 Å². The fraction of sp³-hybridized carbons (Fsp3) is 0.462. The molecule has 5 rings (SSSR count). The third kappa shape index (κ3) is 4.69. The number of aryl methyl sites for hydroxylation is 2. The van der Waals surface area contributed by atoms with Crippen LogP contribution in [0.4, 0.5) is 5.69 Å². The molecule has 1 N–H and O–H groups in total. The highest BCUT2D eigenvalue weighted by molar-refractivity contribution is 5.91. The molecule has 7 heteroatoms. The maximum absolute atomic E-state index is 13.2. The first kappa shape index (κ1) is 21.8. The second kappa shape index (κ2) is 9.06. The van der Waals surface area contributed by atoms with Gasteiger partial charge in [0.2, 0.25) is 18.6 Å². The zero-order valence-corrected chi connectivity index (χ0v) is 19.4. The lowest BCUT2D eigenvalue weighted by Crippen LogP contribution is -2.40. The fourth-order valence-electron chi connectivity index (χ4n) is 5.00. The number of anilines is 1. The van der Waals surface area contributed by atoms with Crippen molar-refractivity contribution in [3.05, 3.63) is 52.6 Å². The number of carbonyl (C=O) groups excluding carboxylic acids is 2. The van der Waals surface area contributed by atoms with Crippen molar-refractivity contribution in [2.75, 3.05) is 38.3 Å². The first-order chi connectivity index (χ1) is 16.0. The standard InChI is InChI=1S/C26H31N3O4/c1-17-11-19-6-10-29(15-21(19)12-18(17)2)26(31)20-5-8-28(14-20)9-7-25(30)27-22-3-4-23-24(13-22)33-16-32-23/h3-4,11-13,20H,5-10,14-16H2,1-2H3,(H,27,30)/t20-/m0/s1. The smallest absolute Gasteiger partial charge is 0.231 e. The molecule has 2 amide bonds. The van der Waals surface area contributed by atoms with Gasteiger partial charge in [0.15, 0.2) is 11.5 Å². The van der Waals surface area contributed by atoms with Crippen molar-refractivity contribution in [3.63, 3.8) is 0 Å². The summed E-state index contributed by atoms with van der Waals surface area (Å²) in [6.07, 6.45) is 2.18. The molecule has 1 fully saturated rings. The van der Waals surface area contributed by atoms with Crippen LogP contribution in [-0.4, -0.2) is 54.6 Å². The number of likely N-dealkylation sites (tertiary alicyclic amines) is 1. The number of hydrogen-bond acceptors (Lipinski definition) is 5. The van der Waals surface area contributed by atoms with Crippen LogP contribution in [0.5, 0.6) is 11.5 Å². The molecule has 0 aromatic heterocycles. The number of fused-ring (bicyclic) bond motifs is 2. The van der Waals surface area contributed by atoms with E-state index < -0.39 is 0 Å². The molecule has 0 radical (unpaired) electrons. The molecule has 3 aliphatic heterocycles. The molecular formula is C26H31N3O4. The largest absolute Gasteiger partial charge is 0.454 e. The Morgan fingerprint density at radius 3 is 2.67 bits per heavy atom. The summed E-state index contributed by atoms with van der Waals surface area (Å²) in [6.45, 7) is 8.24. The molecule has 33 heavy (non-hydrogen) atoms. The zero-order valence-electron chi connectivity index (χ0n) is 19.4. The number of benzene rings is 2. The summed E-state index contributed by atoms with van der Waals surface area (Å²) >= 11 is 0. The molecule has 0 bridgehead atoms. The molecule has 1 saturated heterocycles. The van der Waals surface area contributed by atoms with E-state index in [2.05, 4.69) is 36.2 Å². The Kier molecular flexibility index (Phi) is 5.98. The lowest BCUT2D eigenvalue weighted by atomic mass is 9.94. The van der Waals surface area contributed by atoms with Crippen molar-refractivity contribution >= 4 is 17.5 Å². The molecule has 2 aromatic carbocycles. The normalized spacial score (nSPS) is 19.5. The molecule has 7 nitrogen and oxygen atoms in total. The summed E-state index contributed by atoms with van der Waals surface area (Å²) in [6, 6.07) is 9.91. The lowest BCUT2D eigenvalue weighted by Gasteiger charge is -2.31. The molecule has 3 aliphatic rings. The van der Waals surface area contributed by atoms with Crippen LogP contribution in [0.2, 0.25) is 0 Å². The van der Waals surface area contributed by atoms with Crippen LogP contribution in [-0.2, 0) is 22.6 Å². The van der Waals surface area contributed by atoms with Crippen molar-refractivity contribution in [3.8, 4) is 11.5 Å². The van der Waals surface area contributed by atoms with Gasteiger partial charge in [0.1, 0.15) is 0 Å². The summed E-state index contributed by atoms with van der Waals surface area (Å²) in [4.78, 5) is 29.8. The fourth-order valence-corrected chi connectivity index (χ4v) is 5.00. The van der Waals surface area contributed by atoms with Crippen molar-refractivity contribution in [2.24, 2.45) is 5.92 Å². The van der Waals surface area contributed by atoms with Gasteiger partial charge < -0.3 is 24.6 Å². The average molecular weight is 450 g/mol. The monoisotopic (exact) mass is 449 g/mol. The van der Waals surface area contributed by atoms with Crippen molar-refractivity contribution in [1.82, 2.24) is 9.80 Å². The van der Waals surface area contributed by atoms with Crippen molar-refractivity contribution < 1.29 is 19.1 Å². The number of amides is 2. The van der Waals surface area contributed by atoms with E-state index in [-0.39, 0.29) is 24.5 Å². The van der Waals surface area contributed by atoms with E-state index in [1.54, 1.807) is 12.1 Å². The number of nitrogens with zero attached hydrogens (tertiary/aromatic N) is 2. The highest BCUT2D eigenvalue weighted by atomic mass is 16.7. The van der Waals surface area contributed by atoms with Crippen molar-refractivity contribution in [1.29, 1.82) is 0 Å². The van der Waals surface area contributed by atoms with Gasteiger partial charge in [-0.05, 0) is 67.6 Å². The van der Waals surface area contributed by atoms with Crippen LogP contribution in [0.15, 0.2) is 30.3 Å². The lowest BCUT2D eigenvalue weighted by molar-refractivity contribution is -0.136. The van der Waals surface area contributed by atoms with E-state index >= 15 is 0 Å². The van der Waals surface area contributed by atoms with E-state index in [1.807, 2.05) is 11.0 Å². The van der Waals surface area contributed by atoms with E-state index in [0.29, 0.717) is 36.7 Å². The summed E-state index contributed by atoms with van der Waals surface area (Å²) in [5.74, 6) is 1.59. The average Bonchev–Trinajstić information content (AvgIpc) is 3.47. The Balaban J connectivity index is 1.10. The molecule has 0 unspecified atom stereocenters. The molecular weight excluding hydrogens is 418 g/mol. The summed E-state index contributed by atoms with van der Waals surface area (Å²) in [7, 11) is 0. The van der Waals surface area contributed by atoms with E-state index in [1.165, 1.54) is 22.3 Å². The number of nitrogens with one attached hydrogen (secondary N) is 1.